The highest BCUT2D eigenvalue weighted by Gasteiger charge is 2.24. The van der Waals surface area contributed by atoms with Crippen molar-refractivity contribution in [1.29, 1.82) is 5.26 Å². The summed E-state index contributed by atoms with van der Waals surface area (Å²) in [6.45, 7) is 3.36. The molecule has 0 amide bonds. The van der Waals surface area contributed by atoms with Crippen molar-refractivity contribution >= 4 is 10.0 Å². The molecule has 1 rings (SSSR count). The second-order valence-corrected chi connectivity index (χ2v) is 6.32. The molecule has 0 aromatic heterocycles. The van der Waals surface area contributed by atoms with Crippen LogP contribution in [0.5, 0.6) is 0 Å². The third-order valence-corrected chi connectivity index (χ3v) is 4.63. The molecule has 0 bridgehead atoms. The third kappa shape index (κ3) is 4.62. The van der Waals surface area contributed by atoms with Gasteiger partial charge < -0.3 is 0 Å². The van der Waals surface area contributed by atoms with Crippen LogP contribution in [-0.4, -0.2) is 19.7 Å². The molecule has 4 nitrogen and oxygen atoms in total. The second-order valence-electron chi connectivity index (χ2n) is 4.42. The van der Waals surface area contributed by atoms with E-state index in [1.54, 1.807) is 32.0 Å². The molecule has 2 atom stereocenters. The summed E-state index contributed by atoms with van der Waals surface area (Å²) in [5, 5.41) is 7.75. The lowest BCUT2D eigenvalue weighted by Crippen LogP contribution is -2.39. The average molecular weight is 284 g/mol. The number of sulfonamides is 1. The van der Waals surface area contributed by atoms with E-state index < -0.39 is 15.3 Å². The third-order valence-electron chi connectivity index (χ3n) is 2.71. The Labute approximate surface area is 113 Å². The molecule has 6 heteroatoms. The Morgan fingerprint density at radius 2 is 1.95 bits per heavy atom. The number of hydrogen-bond acceptors (Lipinski definition) is 3. The van der Waals surface area contributed by atoms with Gasteiger partial charge in [0, 0.05) is 6.04 Å². The first kappa shape index (κ1) is 15.6. The molecule has 0 aliphatic carbocycles. The van der Waals surface area contributed by atoms with E-state index in [2.05, 4.69) is 4.72 Å². The molecule has 0 heterocycles. The summed E-state index contributed by atoms with van der Waals surface area (Å²) in [5.74, 6) is -0.326. The highest BCUT2D eigenvalue weighted by molar-refractivity contribution is 7.90. The first-order valence-corrected chi connectivity index (χ1v) is 7.59. The van der Waals surface area contributed by atoms with Gasteiger partial charge in [-0.2, -0.15) is 5.26 Å². The molecule has 0 aliphatic heterocycles. The van der Waals surface area contributed by atoms with Crippen LogP contribution in [0.3, 0.4) is 0 Å². The van der Waals surface area contributed by atoms with E-state index in [9.17, 15) is 12.8 Å². The number of nitrogens with zero attached hydrogens (tertiary/aromatic N) is 1. The molecule has 0 fully saturated rings. The van der Waals surface area contributed by atoms with Gasteiger partial charge in [0.1, 0.15) is 5.82 Å². The zero-order valence-electron chi connectivity index (χ0n) is 10.9. The zero-order chi connectivity index (χ0) is 14.5. The first-order chi connectivity index (χ1) is 8.89. The van der Waals surface area contributed by atoms with Gasteiger partial charge >= 0.3 is 0 Å². The fraction of sp³-hybridized carbons (Fsp3) is 0.462. The molecular formula is C13H17FN2O2S. The normalized spacial score (nSPS) is 14.6. The van der Waals surface area contributed by atoms with Gasteiger partial charge in [0.05, 0.1) is 6.07 Å². The monoisotopic (exact) mass is 284 g/mol. The summed E-state index contributed by atoms with van der Waals surface area (Å²) in [4.78, 5) is 0. The lowest BCUT2D eigenvalue weighted by Gasteiger charge is -2.16. The van der Waals surface area contributed by atoms with Gasteiger partial charge in [0.15, 0.2) is 5.25 Å². The topological polar surface area (TPSA) is 70.0 Å². The van der Waals surface area contributed by atoms with E-state index in [1.165, 1.54) is 12.1 Å². The Bertz CT molecular complexity index is 549. The Kier molecular flexibility index (Phi) is 5.45. The minimum atomic E-state index is -3.64. The number of nitriles is 1. The molecule has 0 radical (unpaired) electrons. The summed E-state index contributed by atoms with van der Waals surface area (Å²) in [5.41, 5.74) is 0.835. The van der Waals surface area contributed by atoms with E-state index in [0.717, 1.165) is 5.56 Å². The molecule has 104 valence electrons. The maximum atomic E-state index is 12.7. The van der Waals surface area contributed by atoms with E-state index in [-0.39, 0.29) is 18.3 Å². The number of rotatable bonds is 6. The van der Waals surface area contributed by atoms with Crippen LogP contribution in [0, 0.1) is 17.1 Å². The summed E-state index contributed by atoms with van der Waals surface area (Å²) in [6, 6.07) is 7.31. The number of benzene rings is 1. The standard InChI is InChI=1S/C13H17FN2O2S/c1-3-13(9-15)19(17,18)16-10(2)8-11-4-6-12(14)7-5-11/h4-7,10,13,16H,3,8H2,1-2H3. The average Bonchev–Trinajstić information content (AvgIpc) is 2.32. The van der Waals surface area contributed by atoms with Gasteiger partial charge in [-0.05, 0) is 37.5 Å². The van der Waals surface area contributed by atoms with Crippen LogP contribution in [0.2, 0.25) is 0 Å². The second kappa shape index (κ2) is 6.64. The molecule has 0 saturated heterocycles. The van der Waals surface area contributed by atoms with E-state index >= 15 is 0 Å². The van der Waals surface area contributed by atoms with Gasteiger partial charge in [-0.1, -0.05) is 19.1 Å². The van der Waals surface area contributed by atoms with Crippen molar-refractivity contribution in [2.75, 3.05) is 0 Å². The van der Waals surface area contributed by atoms with Crippen molar-refractivity contribution in [3.05, 3.63) is 35.6 Å². The molecular weight excluding hydrogens is 267 g/mol. The van der Waals surface area contributed by atoms with Crippen LogP contribution < -0.4 is 4.72 Å². The van der Waals surface area contributed by atoms with Crippen LogP contribution in [0.4, 0.5) is 4.39 Å². The SMILES string of the molecule is CCC(C#N)S(=O)(=O)NC(C)Cc1ccc(F)cc1. The van der Waals surface area contributed by atoms with Crippen molar-refractivity contribution in [2.45, 2.75) is 38.0 Å². The molecule has 1 aromatic rings. The van der Waals surface area contributed by atoms with Crippen molar-refractivity contribution in [3.63, 3.8) is 0 Å². The summed E-state index contributed by atoms with van der Waals surface area (Å²) in [7, 11) is -3.64. The minimum Gasteiger partial charge on any atom is -0.211 e. The number of hydrogen-bond donors (Lipinski definition) is 1. The Morgan fingerprint density at radius 3 is 2.42 bits per heavy atom. The number of halogens is 1. The van der Waals surface area contributed by atoms with E-state index in [0.29, 0.717) is 6.42 Å². The molecule has 1 N–H and O–H groups in total. The maximum Gasteiger partial charge on any atom is 0.228 e. The van der Waals surface area contributed by atoms with Gasteiger partial charge in [-0.15, -0.1) is 0 Å². The van der Waals surface area contributed by atoms with Crippen molar-refractivity contribution < 1.29 is 12.8 Å². The lowest BCUT2D eigenvalue weighted by molar-refractivity contribution is 0.551. The molecule has 0 saturated carbocycles. The quantitative estimate of drug-likeness (QED) is 0.868. The molecule has 2 unspecified atom stereocenters. The van der Waals surface area contributed by atoms with Crippen LogP contribution in [0.1, 0.15) is 25.8 Å². The van der Waals surface area contributed by atoms with Gasteiger partial charge in [0.2, 0.25) is 10.0 Å². The summed E-state index contributed by atoms with van der Waals surface area (Å²) in [6.07, 6.45) is 0.691. The maximum absolute atomic E-state index is 12.7. The summed E-state index contributed by atoms with van der Waals surface area (Å²) < 4.78 is 38.9. The number of nitrogens with one attached hydrogen (secondary N) is 1. The predicted molar refractivity (Wildman–Crippen MR) is 71.3 cm³/mol. The summed E-state index contributed by atoms with van der Waals surface area (Å²) >= 11 is 0. The fourth-order valence-electron chi connectivity index (χ4n) is 1.76. The van der Waals surface area contributed by atoms with Crippen LogP contribution >= 0.6 is 0 Å². The van der Waals surface area contributed by atoms with Gasteiger partial charge in [0.25, 0.3) is 0 Å². The van der Waals surface area contributed by atoms with Crippen molar-refractivity contribution in [3.8, 4) is 6.07 Å². The van der Waals surface area contributed by atoms with Crippen LogP contribution in [0.25, 0.3) is 0 Å². The highest BCUT2D eigenvalue weighted by Crippen LogP contribution is 2.09. The highest BCUT2D eigenvalue weighted by atomic mass is 32.2. The lowest BCUT2D eigenvalue weighted by atomic mass is 10.1. The molecule has 0 aliphatic rings. The fourth-order valence-corrected chi connectivity index (χ4v) is 3.14. The molecule has 1 aromatic carbocycles. The molecule has 0 spiro atoms. The van der Waals surface area contributed by atoms with Crippen LogP contribution in [-0.2, 0) is 16.4 Å². The van der Waals surface area contributed by atoms with E-state index in [4.69, 9.17) is 5.26 Å². The van der Waals surface area contributed by atoms with Gasteiger partial charge in [-0.25, -0.2) is 17.5 Å². The largest absolute Gasteiger partial charge is 0.228 e. The smallest absolute Gasteiger partial charge is 0.211 e. The zero-order valence-corrected chi connectivity index (χ0v) is 11.7. The predicted octanol–water partition coefficient (Wildman–Crippen LogP) is 1.98. The van der Waals surface area contributed by atoms with Gasteiger partial charge in [-0.3, -0.25) is 0 Å². The Morgan fingerprint density at radius 1 is 1.37 bits per heavy atom. The molecule has 19 heavy (non-hydrogen) atoms. The first-order valence-electron chi connectivity index (χ1n) is 6.04. The van der Waals surface area contributed by atoms with Crippen LogP contribution in [0.15, 0.2) is 24.3 Å². The van der Waals surface area contributed by atoms with Crippen molar-refractivity contribution in [2.24, 2.45) is 0 Å². The Balaban J connectivity index is 2.68. The van der Waals surface area contributed by atoms with E-state index in [1.807, 2.05) is 0 Å². The Hall–Kier alpha value is -1.45. The van der Waals surface area contributed by atoms with Crippen molar-refractivity contribution in [1.82, 2.24) is 4.72 Å². The minimum absolute atomic E-state index is 0.245.